The highest BCUT2D eigenvalue weighted by Crippen LogP contribution is 2.22. The summed E-state index contributed by atoms with van der Waals surface area (Å²) in [5, 5.41) is 0. The van der Waals surface area contributed by atoms with Crippen LogP contribution in [0.1, 0.15) is 64.2 Å². The average Bonchev–Trinajstić information content (AvgIpc) is 3.09. The van der Waals surface area contributed by atoms with Crippen LogP contribution in [-0.4, -0.2) is 30.2 Å². The van der Waals surface area contributed by atoms with E-state index in [-0.39, 0.29) is 30.6 Å². The van der Waals surface area contributed by atoms with Gasteiger partial charge in [0.05, 0.1) is 0 Å². The summed E-state index contributed by atoms with van der Waals surface area (Å²) in [7, 11) is 0. The van der Waals surface area contributed by atoms with E-state index < -0.39 is 6.04 Å². The van der Waals surface area contributed by atoms with Gasteiger partial charge in [0.2, 0.25) is 0 Å². The summed E-state index contributed by atoms with van der Waals surface area (Å²) >= 11 is 0. The van der Waals surface area contributed by atoms with E-state index in [1.54, 1.807) is 0 Å². The molecule has 2 saturated carbocycles. The van der Waals surface area contributed by atoms with Gasteiger partial charge in [0.1, 0.15) is 18.2 Å². The lowest BCUT2D eigenvalue weighted by Crippen LogP contribution is -2.35. The van der Waals surface area contributed by atoms with Crippen LogP contribution in [0.5, 0.6) is 0 Å². The summed E-state index contributed by atoms with van der Waals surface area (Å²) < 4.78 is 10.7. The third kappa shape index (κ3) is 4.78. The topological polar surface area (TPSA) is 78.6 Å². The number of carbonyl (C=O) groups is 2. The zero-order valence-corrected chi connectivity index (χ0v) is 12.0. The molecule has 0 aliphatic heterocycles. The molecule has 2 N–H and O–H groups in total. The standard InChI is InChI=1S/C15H25NO4/c16-13(15(18)20-12-7-3-4-8-12)9-10-14(17)19-11-5-1-2-6-11/h11-13H,1-10,16H2/t13-/m0/s1. The van der Waals surface area contributed by atoms with Gasteiger partial charge in [0.15, 0.2) is 0 Å². The van der Waals surface area contributed by atoms with Crippen molar-refractivity contribution in [2.75, 3.05) is 0 Å². The summed E-state index contributed by atoms with van der Waals surface area (Å²) in [6.45, 7) is 0. The van der Waals surface area contributed by atoms with Gasteiger partial charge in [-0.05, 0) is 57.8 Å². The lowest BCUT2D eigenvalue weighted by Gasteiger charge is -2.16. The van der Waals surface area contributed by atoms with Crippen molar-refractivity contribution in [3.05, 3.63) is 0 Å². The van der Waals surface area contributed by atoms with E-state index in [1.807, 2.05) is 0 Å². The number of carbonyl (C=O) groups excluding carboxylic acids is 2. The lowest BCUT2D eigenvalue weighted by atomic mass is 10.1. The van der Waals surface area contributed by atoms with Crippen LogP contribution in [0.15, 0.2) is 0 Å². The molecular formula is C15H25NO4. The van der Waals surface area contributed by atoms with E-state index in [1.165, 1.54) is 0 Å². The first kappa shape index (κ1) is 15.3. The van der Waals surface area contributed by atoms with E-state index in [2.05, 4.69) is 0 Å². The summed E-state index contributed by atoms with van der Waals surface area (Å²) in [5.74, 6) is -0.633. The summed E-state index contributed by atoms with van der Waals surface area (Å²) in [6, 6.07) is -0.716. The Hall–Kier alpha value is -1.10. The van der Waals surface area contributed by atoms with Crippen LogP contribution >= 0.6 is 0 Å². The fourth-order valence-electron chi connectivity index (χ4n) is 2.90. The maximum absolute atomic E-state index is 11.8. The maximum atomic E-state index is 11.8. The molecule has 5 nitrogen and oxygen atoms in total. The van der Waals surface area contributed by atoms with Crippen LogP contribution in [0.4, 0.5) is 0 Å². The van der Waals surface area contributed by atoms with E-state index in [9.17, 15) is 9.59 Å². The Kier molecular flexibility index (Phi) is 5.83. The van der Waals surface area contributed by atoms with Crippen LogP contribution in [0.2, 0.25) is 0 Å². The molecule has 2 aliphatic carbocycles. The maximum Gasteiger partial charge on any atom is 0.323 e. The van der Waals surface area contributed by atoms with Crippen LogP contribution in [-0.2, 0) is 19.1 Å². The van der Waals surface area contributed by atoms with Crippen molar-refractivity contribution < 1.29 is 19.1 Å². The predicted octanol–water partition coefficient (Wildman–Crippen LogP) is 2.07. The molecule has 0 radical (unpaired) electrons. The quantitative estimate of drug-likeness (QED) is 0.755. The second kappa shape index (κ2) is 7.62. The molecule has 0 amide bonds. The Labute approximate surface area is 120 Å². The van der Waals surface area contributed by atoms with Crippen LogP contribution in [0.25, 0.3) is 0 Å². The minimum Gasteiger partial charge on any atom is -0.462 e. The lowest BCUT2D eigenvalue weighted by molar-refractivity contribution is -0.151. The molecule has 0 aromatic heterocycles. The number of hydrogen-bond acceptors (Lipinski definition) is 5. The van der Waals surface area contributed by atoms with Gasteiger partial charge in [-0.1, -0.05) is 0 Å². The molecule has 20 heavy (non-hydrogen) atoms. The molecule has 0 heterocycles. The smallest absolute Gasteiger partial charge is 0.323 e. The normalized spacial score (nSPS) is 21.9. The van der Waals surface area contributed by atoms with E-state index >= 15 is 0 Å². The first-order chi connectivity index (χ1) is 9.65. The third-order valence-electron chi connectivity index (χ3n) is 4.15. The van der Waals surface area contributed by atoms with Gasteiger partial charge >= 0.3 is 11.9 Å². The number of nitrogens with two attached hydrogens (primary N) is 1. The summed E-state index contributed by atoms with van der Waals surface area (Å²) in [5.41, 5.74) is 5.77. The van der Waals surface area contributed by atoms with Gasteiger partial charge in [0.25, 0.3) is 0 Å². The van der Waals surface area contributed by atoms with Crippen molar-refractivity contribution in [2.24, 2.45) is 5.73 Å². The minimum atomic E-state index is -0.716. The van der Waals surface area contributed by atoms with Crippen molar-refractivity contribution in [1.29, 1.82) is 0 Å². The molecule has 2 rings (SSSR count). The Morgan fingerprint density at radius 1 is 0.950 bits per heavy atom. The van der Waals surface area contributed by atoms with Crippen LogP contribution < -0.4 is 5.73 Å². The third-order valence-corrected chi connectivity index (χ3v) is 4.15. The molecule has 2 aliphatic rings. The predicted molar refractivity (Wildman–Crippen MR) is 73.9 cm³/mol. The van der Waals surface area contributed by atoms with E-state index in [0.717, 1.165) is 51.4 Å². The molecule has 0 aromatic carbocycles. The monoisotopic (exact) mass is 283 g/mol. The van der Waals surface area contributed by atoms with Gasteiger partial charge < -0.3 is 15.2 Å². The molecule has 2 fully saturated rings. The van der Waals surface area contributed by atoms with Gasteiger partial charge in [0, 0.05) is 6.42 Å². The van der Waals surface area contributed by atoms with Crippen LogP contribution in [0.3, 0.4) is 0 Å². The van der Waals surface area contributed by atoms with Gasteiger partial charge in [-0.25, -0.2) is 0 Å². The zero-order valence-electron chi connectivity index (χ0n) is 12.0. The van der Waals surface area contributed by atoms with Gasteiger partial charge in [-0.3, -0.25) is 9.59 Å². The molecule has 0 bridgehead atoms. The van der Waals surface area contributed by atoms with Crippen molar-refractivity contribution >= 4 is 11.9 Å². The highest BCUT2D eigenvalue weighted by Gasteiger charge is 2.24. The number of rotatable bonds is 6. The molecule has 0 saturated heterocycles. The Bertz CT molecular complexity index is 333. The second-order valence-corrected chi connectivity index (χ2v) is 5.88. The molecule has 0 aromatic rings. The Morgan fingerprint density at radius 2 is 1.45 bits per heavy atom. The summed E-state index contributed by atoms with van der Waals surface area (Å²) in [4.78, 5) is 23.4. The second-order valence-electron chi connectivity index (χ2n) is 5.88. The largest absolute Gasteiger partial charge is 0.462 e. The summed E-state index contributed by atoms with van der Waals surface area (Å²) in [6.07, 6.45) is 8.86. The van der Waals surface area contributed by atoms with E-state index in [4.69, 9.17) is 15.2 Å². The molecule has 0 spiro atoms. The SMILES string of the molecule is N[C@@H](CCC(=O)OC1CCCC1)C(=O)OC1CCCC1. The number of hydrogen-bond donors (Lipinski definition) is 1. The minimum absolute atomic E-state index is 0.0268. The molecule has 0 unspecified atom stereocenters. The number of esters is 2. The zero-order chi connectivity index (χ0) is 14.4. The fourth-order valence-corrected chi connectivity index (χ4v) is 2.90. The average molecular weight is 283 g/mol. The van der Waals surface area contributed by atoms with E-state index in [0.29, 0.717) is 6.42 Å². The highest BCUT2D eigenvalue weighted by molar-refractivity contribution is 5.77. The van der Waals surface area contributed by atoms with Crippen molar-refractivity contribution in [1.82, 2.24) is 0 Å². The molecule has 114 valence electrons. The van der Waals surface area contributed by atoms with Crippen molar-refractivity contribution in [3.8, 4) is 0 Å². The molecule has 1 atom stereocenters. The Balaban J connectivity index is 1.61. The first-order valence-corrected chi connectivity index (χ1v) is 7.80. The van der Waals surface area contributed by atoms with Crippen LogP contribution in [0, 0.1) is 0 Å². The molecular weight excluding hydrogens is 258 g/mol. The molecule has 5 heteroatoms. The van der Waals surface area contributed by atoms with Crippen molar-refractivity contribution in [3.63, 3.8) is 0 Å². The van der Waals surface area contributed by atoms with Gasteiger partial charge in [-0.2, -0.15) is 0 Å². The first-order valence-electron chi connectivity index (χ1n) is 7.80. The fraction of sp³-hybridized carbons (Fsp3) is 0.867. The highest BCUT2D eigenvalue weighted by atomic mass is 16.5. The number of ether oxygens (including phenoxy) is 2. The van der Waals surface area contributed by atoms with Crippen molar-refractivity contribution in [2.45, 2.75) is 82.5 Å². The Morgan fingerprint density at radius 3 is 2.00 bits per heavy atom. The van der Waals surface area contributed by atoms with Gasteiger partial charge in [-0.15, -0.1) is 0 Å².